The number of rotatable bonds is 9. The highest BCUT2D eigenvalue weighted by Crippen LogP contribution is 2.25. The van der Waals surface area contributed by atoms with Gasteiger partial charge >= 0.3 is 5.97 Å². The number of fused-ring (bicyclic) bond motifs is 1. The van der Waals surface area contributed by atoms with Gasteiger partial charge in [-0.15, -0.1) is 0 Å². The summed E-state index contributed by atoms with van der Waals surface area (Å²) < 4.78 is 11.0. The minimum Gasteiger partial charge on any atom is -0.481 e. The zero-order chi connectivity index (χ0) is 21.3. The van der Waals surface area contributed by atoms with Crippen LogP contribution in [0.3, 0.4) is 0 Å². The van der Waals surface area contributed by atoms with Crippen molar-refractivity contribution in [2.45, 2.75) is 39.3 Å². The largest absolute Gasteiger partial charge is 0.481 e. The van der Waals surface area contributed by atoms with Crippen LogP contribution in [0.2, 0.25) is 0 Å². The number of pyridine rings is 1. The smallest absolute Gasteiger partial charge is 0.344 e. The monoisotopic (exact) mass is 406 g/mol. The number of aromatic nitrogens is 1. The topological polar surface area (TPSA) is 77.5 Å². The van der Waals surface area contributed by atoms with E-state index in [0.29, 0.717) is 11.3 Å². The first-order valence-corrected chi connectivity index (χ1v) is 10.1. The molecule has 3 rings (SSSR count). The summed E-state index contributed by atoms with van der Waals surface area (Å²) in [5, 5.41) is 3.67. The first-order chi connectivity index (χ1) is 14.6. The van der Waals surface area contributed by atoms with Crippen molar-refractivity contribution < 1.29 is 19.1 Å². The number of amides is 1. The van der Waals surface area contributed by atoms with Crippen molar-refractivity contribution in [3.63, 3.8) is 0 Å². The van der Waals surface area contributed by atoms with Crippen molar-refractivity contribution in [1.29, 1.82) is 0 Å². The number of nitrogens with one attached hydrogen (secondary N) is 1. The molecular formula is C24H26N2O4. The van der Waals surface area contributed by atoms with Crippen molar-refractivity contribution in [2.75, 3.05) is 6.61 Å². The molecule has 6 nitrogen and oxygen atoms in total. The van der Waals surface area contributed by atoms with Gasteiger partial charge in [0.25, 0.3) is 5.91 Å². The summed E-state index contributed by atoms with van der Waals surface area (Å²) in [5.74, 6) is -0.328. The Hall–Kier alpha value is -3.41. The summed E-state index contributed by atoms with van der Waals surface area (Å²) in [6, 6.07) is 18.4. The third kappa shape index (κ3) is 5.80. The summed E-state index contributed by atoms with van der Waals surface area (Å²) in [5.41, 5.74) is 1.78. The molecule has 30 heavy (non-hydrogen) atoms. The molecule has 0 saturated carbocycles. The molecular weight excluding hydrogens is 380 g/mol. The fourth-order valence-electron chi connectivity index (χ4n) is 3.10. The van der Waals surface area contributed by atoms with E-state index >= 15 is 0 Å². The molecule has 0 radical (unpaired) electrons. The van der Waals surface area contributed by atoms with E-state index < -0.39 is 5.97 Å². The van der Waals surface area contributed by atoms with E-state index in [1.54, 1.807) is 6.07 Å². The van der Waals surface area contributed by atoms with Crippen molar-refractivity contribution in [3.8, 4) is 5.75 Å². The number of carbonyl (C=O) groups excluding carboxylic acids is 2. The van der Waals surface area contributed by atoms with Crippen LogP contribution in [0.15, 0.2) is 60.7 Å². The van der Waals surface area contributed by atoms with Gasteiger partial charge in [0.15, 0.2) is 6.61 Å². The second-order valence-corrected chi connectivity index (χ2v) is 7.12. The molecule has 0 unspecified atom stereocenters. The predicted octanol–water partition coefficient (Wildman–Crippen LogP) is 4.28. The molecule has 0 saturated heterocycles. The van der Waals surface area contributed by atoms with Gasteiger partial charge in [0.1, 0.15) is 18.1 Å². The van der Waals surface area contributed by atoms with Gasteiger partial charge < -0.3 is 14.8 Å². The highest BCUT2D eigenvalue weighted by molar-refractivity contribution is 5.97. The number of nitrogens with zero attached hydrogens (tertiary/aromatic N) is 1. The van der Waals surface area contributed by atoms with E-state index in [0.717, 1.165) is 23.8 Å². The van der Waals surface area contributed by atoms with Gasteiger partial charge in [0.05, 0.1) is 5.52 Å². The van der Waals surface area contributed by atoms with Crippen LogP contribution in [0.1, 0.15) is 42.7 Å². The first-order valence-electron chi connectivity index (χ1n) is 10.1. The summed E-state index contributed by atoms with van der Waals surface area (Å²) in [4.78, 5) is 29.2. The number of ether oxygens (including phenoxy) is 2. The fourth-order valence-corrected chi connectivity index (χ4v) is 3.10. The number of hydrogen-bond acceptors (Lipinski definition) is 5. The van der Waals surface area contributed by atoms with Crippen LogP contribution in [0.5, 0.6) is 5.75 Å². The molecule has 156 valence electrons. The number of para-hydroxylation sites is 1. The lowest BCUT2D eigenvalue weighted by atomic mass is 10.1. The molecule has 3 aromatic rings. The maximum absolute atomic E-state index is 12.6. The Morgan fingerprint density at radius 2 is 1.80 bits per heavy atom. The molecule has 0 aliphatic rings. The lowest BCUT2D eigenvalue weighted by Gasteiger charge is -2.14. The van der Waals surface area contributed by atoms with E-state index in [4.69, 9.17) is 9.47 Å². The Kier molecular flexibility index (Phi) is 7.38. The van der Waals surface area contributed by atoms with Crippen LogP contribution in [0.25, 0.3) is 10.9 Å². The van der Waals surface area contributed by atoms with Gasteiger partial charge in [-0.05, 0) is 31.0 Å². The molecule has 0 fully saturated rings. The van der Waals surface area contributed by atoms with Crippen LogP contribution in [0, 0.1) is 0 Å². The number of esters is 1. The lowest BCUT2D eigenvalue weighted by Crippen LogP contribution is -2.33. The summed E-state index contributed by atoms with van der Waals surface area (Å²) in [6.45, 7) is 3.96. The second-order valence-electron chi connectivity index (χ2n) is 7.12. The van der Waals surface area contributed by atoms with Crippen molar-refractivity contribution in [3.05, 3.63) is 71.9 Å². The fraction of sp³-hybridized carbons (Fsp3) is 0.292. The third-order valence-electron chi connectivity index (χ3n) is 4.60. The van der Waals surface area contributed by atoms with Crippen LogP contribution in [-0.4, -0.2) is 29.5 Å². The van der Waals surface area contributed by atoms with E-state index in [1.807, 2.05) is 61.5 Å². The molecule has 0 bridgehead atoms. The highest BCUT2D eigenvalue weighted by atomic mass is 16.6. The van der Waals surface area contributed by atoms with Crippen molar-refractivity contribution >= 4 is 22.8 Å². The minimum atomic E-state index is -0.484. The zero-order valence-electron chi connectivity index (χ0n) is 17.3. The van der Waals surface area contributed by atoms with Gasteiger partial charge in [-0.1, -0.05) is 55.8 Å². The Labute approximate surface area is 176 Å². The average Bonchev–Trinajstić information content (AvgIpc) is 2.76. The van der Waals surface area contributed by atoms with Crippen molar-refractivity contribution in [1.82, 2.24) is 10.3 Å². The molecule has 1 amide bonds. The maximum atomic E-state index is 12.6. The van der Waals surface area contributed by atoms with Gasteiger partial charge in [-0.25, -0.2) is 9.78 Å². The van der Waals surface area contributed by atoms with Crippen LogP contribution in [0.4, 0.5) is 0 Å². The molecule has 2 aromatic carbocycles. The van der Waals surface area contributed by atoms with E-state index in [-0.39, 0.29) is 30.9 Å². The minimum absolute atomic E-state index is 0.0492. The molecule has 6 heteroatoms. The summed E-state index contributed by atoms with van der Waals surface area (Å²) in [6.07, 6.45) is 1.86. The Bertz CT molecular complexity index is 1000. The number of carbonyl (C=O) groups is 2. The van der Waals surface area contributed by atoms with Gasteiger partial charge in [0.2, 0.25) is 0 Å². The number of hydrogen-bond donors (Lipinski definition) is 1. The third-order valence-corrected chi connectivity index (χ3v) is 4.60. The molecule has 1 heterocycles. The predicted molar refractivity (Wildman–Crippen MR) is 115 cm³/mol. The summed E-state index contributed by atoms with van der Waals surface area (Å²) >= 11 is 0. The maximum Gasteiger partial charge on any atom is 0.344 e. The first kappa shape index (κ1) is 21.3. The Morgan fingerprint density at radius 3 is 2.57 bits per heavy atom. The molecule has 1 N–H and O–H groups in total. The molecule has 0 aliphatic carbocycles. The average molecular weight is 406 g/mol. The SMILES string of the molecule is CCC[C@H](C)NC(=O)c1cc(OCC(=O)OCc2ccccc2)c2ccccc2n1. The van der Waals surface area contributed by atoms with Gasteiger partial charge in [-0.2, -0.15) is 0 Å². The van der Waals surface area contributed by atoms with Crippen LogP contribution >= 0.6 is 0 Å². The molecule has 0 spiro atoms. The number of benzene rings is 2. The molecule has 1 aromatic heterocycles. The van der Waals surface area contributed by atoms with Crippen molar-refractivity contribution in [2.24, 2.45) is 0 Å². The zero-order valence-corrected chi connectivity index (χ0v) is 17.3. The standard InChI is InChI=1S/C24H26N2O4/c1-3-9-17(2)25-24(28)21-14-22(19-12-7-8-13-20(19)26-21)29-16-23(27)30-15-18-10-5-4-6-11-18/h4-8,10-14,17H,3,9,15-16H2,1-2H3,(H,25,28)/t17-/m0/s1. The van der Waals surface area contributed by atoms with Crippen LogP contribution in [-0.2, 0) is 16.1 Å². The van der Waals surface area contributed by atoms with E-state index in [1.165, 1.54) is 0 Å². The Balaban J connectivity index is 1.70. The normalized spacial score (nSPS) is 11.7. The quantitative estimate of drug-likeness (QED) is 0.537. The lowest BCUT2D eigenvalue weighted by molar-refractivity contribution is -0.147. The van der Waals surface area contributed by atoms with E-state index in [2.05, 4.69) is 17.2 Å². The molecule has 1 atom stereocenters. The highest BCUT2D eigenvalue weighted by Gasteiger charge is 2.16. The van der Waals surface area contributed by atoms with E-state index in [9.17, 15) is 9.59 Å². The Morgan fingerprint density at radius 1 is 1.07 bits per heavy atom. The second kappa shape index (κ2) is 10.4. The summed E-state index contributed by atoms with van der Waals surface area (Å²) in [7, 11) is 0. The molecule has 0 aliphatic heterocycles. The van der Waals surface area contributed by atoms with Gasteiger partial charge in [-0.3, -0.25) is 4.79 Å². The van der Waals surface area contributed by atoms with Crippen LogP contribution < -0.4 is 10.1 Å². The van der Waals surface area contributed by atoms with Gasteiger partial charge in [0, 0.05) is 17.5 Å².